The maximum Gasteiger partial charge on any atom is 0.338 e. The number of esters is 1. The molecule has 1 aromatic carbocycles. The fourth-order valence-corrected chi connectivity index (χ4v) is 2.33. The molecule has 17 heavy (non-hydrogen) atoms. The summed E-state index contributed by atoms with van der Waals surface area (Å²) >= 11 is 7.39. The first-order valence-corrected chi connectivity index (χ1v) is 7.38. The van der Waals surface area contributed by atoms with Crippen molar-refractivity contribution in [3.8, 4) is 0 Å². The van der Waals surface area contributed by atoms with Crippen molar-refractivity contribution in [2.24, 2.45) is 0 Å². The molecule has 0 atom stereocenters. The van der Waals surface area contributed by atoms with Gasteiger partial charge in [-0.3, -0.25) is 0 Å². The molecule has 4 heteroatoms. The van der Waals surface area contributed by atoms with Gasteiger partial charge < -0.3 is 4.74 Å². The number of ether oxygens (including phenoxy) is 1. The Morgan fingerprint density at radius 1 is 1.47 bits per heavy atom. The highest BCUT2D eigenvalue weighted by Crippen LogP contribution is 2.23. The molecule has 0 aliphatic carbocycles. The normalized spacial score (nSPS) is 10.3. The van der Waals surface area contributed by atoms with Gasteiger partial charge in [-0.1, -0.05) is 0 Å². The van der Waals surface area contributed by atoms with Gasteiger partial charge in [0.25, 0.3) is 0 Å². The monoisotopic (exact) mass is 272 g/mol. The summed E-state index contributed by atoms with van der Waals surface area (Å²) in [6.45, 7) is 2.21. The lowest BCUT2D eigenvalue weighted by molar-refractivity contribution is 0.0526. The Kier molecular flexibility index (Phi) is 6.45. The Balaban J connectivity index is 2.91. The van der Waals surface area contributed by atoms with Crippen molar-refractivity contribution in [3.05, 3.63) is 29.3 Å². The zero-order valence-corrected chi connectivity index (χ0v) is 11.7. The van der Waals surface area contributed by atoms with E-state index < -0.39 is 0 Å². The Bertz CT molecular complexity index is 380. The number of halogens is 1. The number of alkyl halides is 1. The Morgan fingerprint density at radius 2 is 2.24 bits per heavy atom. The predicted molar refractivity (Wildman–Crippen MR) is 73.2 cm³/mol. The van der Waals surface area contributed by atoms with Crippen LogP contribution in [-0.2, 0) is 11.2 Å². The Morgan fingerprint density at radius 3 is 2.82 bits per heavy atom. The van der Waals surface area contributed by atoms with Gasteiger partial charge in [0.15, 0.2) is 0 Å². The maximum absolute atomic E-state index is 11.6. The van der Waals surface area contributed by atoms with Crippen molar-refractivity contribution in [2.45, 2.75) is 24.7 Å². The molecule has 0 aliphatic rings. The predicted octanol–water partition coefficient (Wildman–Crippen LogP) is 3.76. The van der Waals surface area contributed by atoms with Gasteiger partial charge in [-0.2, -0.15) is 0 Å². The number of hydrogen-bond acceptors (Lipinski definition) is 3. The second-order valence-corrected chi connectivity index (χ2v) is 4.77. The molecule has 1 aromatic rings. The molecule has 0 saturated heterocycles. The third-order valence-electron chi connectivity index (χ3n) is 2.37. The van der Waals surface area contributed by atoms with Crippen molar-refractivity contribution in [1.29, 1.82) is 0 Å². The quantitative estimate of drug-likeness (QED) is 0.448. The number of thioether (sulfide) groups is 1. The first-order valence-electron chi connectivity index (χ1n) is 5.63. The highest BCUT2D eigenvalue weighted by atomic mass is 35.5. The number of carbonyl (C=O) groups is 1. The van der Waals surface area contributed by atoms with Gasteiger partial charge in [-0.05, 0) is 49.8 Å². The summed E-state index contributed by atoms with van der Waals surface area (Å²) in [5, 5.41) is 0. The third kappa shape index (κ3) is 4.25. The van der Waals surface area contributed by atoms with Gasteiger partial charge in [0.05, 0.1) is 12.2 Å². The molecule has 0 spiro atoms. The second kappa shape index (κ2) is 7.62. The molecule has 0 unspecified atom stereocenters. The highest BCUT2D eigenvalue weighted by molar-refractivity contribution is 7.98. The van der Waals surface area contributed by atoms with Crippen LogP contribution in [-0.4, -0.2) is 24.7 Å². The Hall–Kier alpha value is -0.670. The molecule has 0 N–H and O–H groups in total. The number of rotatable bonds is 6. The summed E-state index contributed by atoms with van der Waals surface area (Å²) in [5.74, 6) is 0.379. The minimum Gasteiger partial charge on any atom is -0.462 e. The molecule has 0 fully saturated rings. The van der Waals surface area contributed by atoms with E-state index in [1.807, 2.05) is 31.4 Å². The second-order valence-electron chi connectivity index (χ2n) is 3.54. The average molecular weight is 273 g/mol. The zero-order chi connectivity index (χ0) is 12.7. The van der Waals surface area contributed by atoms with E-state index in [4.69, 9.17) is 16.3 Å². The largest absolute Gasteiger partial charge is 0.462 e. The molecule has 1 rings (SSSR count). The topological polar surface area (TPSA) is 26.3 Å². The lowest BCUT2D eigenvalue weighted by Gasteiger charge is -2.09. The van der Waals surface area contributed by atoms with Crippen molar-refractivity contribution < 1.29 is 9.53 Å². The van der Waals surface area contributed by atoms with E-state index in [-0.39, 0.29) is 5.97 Å². The van der Waals surface area contributed by atoms with Crippen LogP contribution in [0.4, 0.5) is 0 Å². The first kappa shape index (κ1) is 14.4. The van der Waals surface area contributed by atoms with Crippen LogP contribution < -0.4 is 0 Å². The third-order valence-corrected chi connectivity index (χ3v) is 3.48. The van der Waals surface area contributed by atoms with Gasteiger partial charge in [0.1, 0.15) is 0 Å². The molecular weight excluding hydrogens is 256 g/mol. The van der Waals surface area contributed by atoms with Crippen molar-refractivity contribution in [1.82, 2.24) is 0 Å². The summed E-state index contributed by atoms with van der Waals surface area (Å²) < 4.78 is 4.99. The fourth-order valence-electron chi connectivity index (χ4n) is 1.57. The van der Waals surface area contributed by atoms with Gasteiger partial charge in [-0.25, -0.2) is 4.79 Å². The van der Waals surface area contributed by atoms with E-state index >= 15 is 0 Å². The average Bonchev–Trinajstić information content (AvgIpc) is 2.36. The van der Waals surface area contributed by atoms with Gasteiger partial charge >= 0.3 is 5.97 Å². The number of carbonyl (C=O) groups excluding carboxylic acids is 1. The molecule has 0 aromatic heterocycles. The highest BCUT2D eigenvalue weighted by Gasteiger charge is 2.09. The molecule has 0 heterocycles. The Labute approximate surface area is 112 Å². The van der Waals surface area contributed by atoms with Gasteiger partial charge in [-0.15, -0.1) is 23.4 Å². The molecule has 94 valence electrons. The summed E-state index contributed by atoms with van der Waals surface area (Å²) in [5.41, 5.74) is 1.79. The molecular formula is C13H17ClO2S. The van der Waals surface area contributed by atoms with Crippen LogP contribution >= 0.6 is 23.4 Å². The molecule has 0 saturated carbocycles. The van der Waals surface area contributed by atoms with E-state index in [9.17, 15) is 4.79 Å². The zero-order valence-electron chi connectivity index (χ0n) is 10.2. The van der Waals surface area contributed by atoms with Crippen LogP contribution in [0.5, 0.6) is 0 Å². The van der Waals surface area contributed by atoms with Gasteiger partial charge in [0, 0.05) is 10.8 Å². The molecule has 0 amide bonds. The van der Waals surface area contributed by atoms with E-state index in [0.717, 1.165) is 12.8 Å². The first-order chi connectivity index (χ1) is 8.22. The van der Waals surface area contributed by atoms with Crippen molar-refractivity contribution in [3.63, 3.8) is 0 Å². The van der Waals surface area contributed by atoms with Crippen LogP contribution in [0.2, 0.25) is 0 Å². The molecule has 0 bridgehead atoms. The summed E-state index contributed by atoms with van der Waals surface area (Å²) in [4.78, 5) is 12.8. The van der Waals surface area contributed by atoms with E-state index in [2.05, 4.69) is 0 Å². The van der Waals surface area contributed by atoms with E-state index in [1.54, 1.807) is 11.8 Å². The smallest absolute Gasteiger partial charge is 0.338 e. The standard InChI is InChI=1S/C13H17ClO2S/c1-3-16-13(15)11-6-7-12(17-2)10(9-11)5-4-8-14/h6-7,9H,3-5,8H2,1-2H3. The van der Waals surface area contributed by atoms with Crippen molar-refractivity contribution >= 4 is 29.3 Å². The minimum atomic E-state index is -0.257. The van der Waals surface area contributed by atoms with E-state index in [1.165, 1.54) is 10.5 Å². The SMILES string of the molecule is CCOC(=O)c1ccc(SC)c(CCCCl)c1. The molecule has 0 aliphatic heterocycles. The lowest BCUT2D eigenvalue weighted by Crippen LogP contribution is -2.05. The molecule has 2 nitrogen and oxygen atoms in total. The summed E-state index contributed by atoms with van der Waals surface area (Å²) in [6.07, 6.45) is 3.85. The minimum absolute atomic E-state index is 0.257. The van der Waals surface area contributed by atoms with Crippen LogP contribution in [0.25, 0.3) is 0 Å². The number of aryl methyl sites for hydroxylation is 1. The lowest BCUT2D eigenvalue weighted by atomic mass is 10.1. The number of hydrogen-bond donors (Lipinski definition) is 0. The van der Waals surface area contributed by atoms with Crippen molar-refractivity contribution in [2.75, 3.05) is 18.7 Å². The van der Waals surface area contributed by atoms with Crippen LogP contribution in [0.3, 0.4) is 0 Å². The van der Waals surface area contributed by atoms with Gasteiger partial charge in [0.2, 0.25) is 0 Å². The maximum atomic E-state index is 11.6. The summed E-state index contributed by atoms with van der Waals surface area (Å²) in [6, 6.07) is 5.70. The number of benzene rings is 1. The fraction of sp³-hybridized carbons (Fsp3) is 0.462. The summed E-state index contributed by atoms with van der Waals surface area (Å²) in [7, 11) is 0. The molecule has 0 radical (unpaired) electrons. The van der Waals surface area contributed by atoms with E-state index in [0.29, 0.717) is 18.1 Å². The van der Waals surface area contributed by atoms with Crippen LogP contribution in [0, 0.1) is 0 Å². The van der Waals surface area contributed by atoms with Crippen LogP contribution in [0.1, 0.15) is 29.3 Å². The van der Waals surface area contributed by atoms with Crippen LogP contribution in [0.15, 0.2) is 23.1 Å².